The minimum atomic E-state index is -1.58. The smallest absolute Gasteiger partial charge is 0.274 e. The Morgan fingerprint density at radius 3 is 2.91 bits per heavy atom. The van der Waals surface area contributed by atoms with E-state index in [2.05, 4.69) is 21.0 Å². The Morgan fingerprint density at radius 1 is 1.32 bits per heavy atom. The molecule has 1 unspecified atom stereocenters. The number of hydrogen-bond donors (Lipinski definition) is 0. The molecule has 1 aliphatic heterocycles. The van der Waals surface area contributed by atoms with Crippen LogP contribution in [0.5, 0.6) is 0 Å². The second kappa shape index (κ2) is 5.42. The van der Waals surface area contributed by atoms with Crippen LogP contribution in [-0.4, -0.2) is 16.4 Å². The number of benzene rings is 1. The minimum absolute atomic E-state index is 0.0504. The summed E-state index contributed by atoms with van der Waals surface area (Å²) in [6.45, 7) is 0.748. The Hall–Kier alpha value is -1.27. The minimum Gasteiger partial charge on any atom is -0.356 e. The van der Waals surface area contributed by atoms with Crippen molar-refractivity contribution in [2.45, 2.75) is 38.3 Å². The van der Waals surface area contributed by atoms with E-state index in [1.807, 2.05) is 10.7 Å². The molecule has 0 N–H and O–H groups in total. The van der Waals surface area contributed by atoms with Crippen molar-refractivity contribution < 1.29 is 13.5 Å². The van der Waals surface area contributed by atoms with Gasteiger partial charge in [-0.3, -0.25) is 0 Å². The lowest BCUT2D eigenvalue weighted by molar-refractivity contribution is -0.0366. The van der Waals surface area contributed by atoms with Crippen molar-refractivity contribution in [2.75, 3.05) is 6.61 Å². The number of aryl methyl sites for hydroxylation is 1. The SMILES string of the molecule is FC(F)=C1CCc2cc3c(cnn3C3CCCCO3)c(Br)c21. The standard InChI is InChI=1S/C16H15BrF2N2O/c17-15-11-8-20-21(13-3-1-2-6-22-13)12(11)7-9-4-5-10(14(9)15)16(18)19/h7-8,13H,1-6H2. The van der Waals surface area contributed by atoms with E-state index in [1.165, 1.54) is 0 Å². The first-order chi connectivity index (χ1) is 10.7. The van der Waals surface area contributed by atoms with Crippen LogP contribution in [-0.2, 0) is 11.2 Å². The van der Waals surface area contributed by atoms with E-state index in [4.69, 9.17) is 4.74 Å². The number of hydrogen-bond acceptors (Lipinski definition) is 2. The van der Waals surface area contributed by atoms with Crippen LogP contribution in [0.1, 0.15) is 43.0 Å². The molecular formula is C16H15BrF2N2O. The van der Waals surface area contributed by atoms with Crippen LogP contribution in [0.25, 0.3) is 16.5 Å². The van der Waals surface area contributed by atoms with Crippen LogP contribution in [0.15, 0.2) is 22.8 Å². The molecule has 1 atom stereocenters. The van der Waals surface area contributed by atoms with Gasteiger partial charge in [0, 0.05) is 27.6 Å². The van der Waals surface area contributed by atoms with E-state index < -0.39 is 6.08 Å². The molecule has 0 saturated carbocycles. The van der Waals surface area contributed by atoms with Gasteiger partial charge in [-0.2, -0.15) is 13.9 Å². The molecule has 6 heteroatoms. The molecule has 0 bridgehead atoms. The van der Waals surface area contributed by atoms with Crippen LogP contribution < -0.4 is 0 Å². The first-order valence-corrected chi connectivity index (χ1v) is 8.31. The van der Waals surface area contributed by atoms with Gasteiger partial charge in [0.15, 0.2) is 6.23 Å². The van der Waals surface area contributed by atoms with Gasteiger partial charge in [-0.25, -0.2) is 4.68 Å². The fraction of sp³-hybridized carbons (Fsp3) is 0.438. The Labute approximate surface area is 135 Å². The molecule has 2 aliphatic rings. The van der Waals surface area contributed by atoms with E-state index in [0.29, 0.717) is 18.4 Å². The van der Waals surface area contributed by atoms with Gasteiger partial charge in [0.1, 0.15) is 0 Å². The molecule has 4 rings (SSSR count). The molecule has 116 valence electrons. The first kappa shape index (κ1) is 14.3. The summed E-state index contributed by atoms with van der Waals surface area (Å²) in [5.74, 6) is 0. The molecule has 2 heterocycles. The van der Waals surface area contributed by atoms with Crippen molar-refractivity contribution in [3.8, 4) is 0 Å². The predicted molar refractivity (Wildman–Crippen MR) is 83.7 cm³/mol. The lowest BCUT2D eigenvalue weighted by Crippen LogP contribution is -2.19. The third kappa shape index (κ3) is 2.12. The number of fused-ring (bicyclic) bond motifs is 2. The number of nitrogens with zero attached hydrogens (tertiary/aromatic N) is 2. The van der Waals surface area contributed by atoms with E-state index in [9.17, 15) is 8.78 Å². The topological polar surface area (TPSA) is 27.1 Å². The molecular weight excluding hydrogens is 354 g/mol. The Morgan fingerprint density at radius 2 is 2.18 bits per heavy atom. The zero-order valence-electron chi connectivity index (χ0n) is 11.9. The molecule has 1 fully saturated rings. The quantitative estimate of drug-likeness (QED) is 0.703. The Kier molecular flexibility index (Phi) is 3.53. The molecule has 1 aliphatic carbocycles. The summed E-state index contributed by atoms with van der Waals surface area (Å²) in [5.41, 5.74) is 2.72. The second-order valence-corrected chi connectivity index (χ2v) is 6.60. The average molecular weight is 369 g/mol. The summed E-state index contributed by atoms with van der Waals surface area (Å²) < 4.78 is 34.7. The lowest BCUT2D eigenvalue weighted by atomic mass is 10.1. The zero-order chi connectivity index (χ0) is 15.3. The van der Waals surface area contributed by atoms with Crippen molar-refractivity contribution in [1.82, 2.24) is 9.78 Å². The maximum absolute atomic E-state index is 13.1. The largest absolute Gasteiger partial charge is 0.356 e. The molecule has 0 radical (unpaired) electrons. The number of aromatic nitrogens is 2. The maximum Gasteiger partial charge on any atom is 0.274 e. The van der Waals surface area contributed by atoms with E-state index in [0.717, 1.165) is 46.8 Å². The molecule has 2 aromatic rings. The fourth-order valence-corrected chi connectivity index (χ4v) is 4.24. The Balaban J connectivity index is 1.89. The van der Waals surface area contributed by atoms with Crippen LogP contribution >= 0.6 is 15.9 Å². The highest BCUT2D eigenvalue weighted by Crippen LogP contribution is 2.44. The molecule has 0 amide bonds. The average Bonchev–Trinajstić information content (AvgIpc) is 3.13. The second-order valence-electron chi connectivity index (χ2n) is 5.81. The predicted octanol–water partition coefficient (Wildman–Crippen LogP) is 5.05. The highest BCUT2D eigenvalue weighted by Gasteiger charge is 2.27. The van der Waals surface area contributed by atoms with E-state index in [-0.39, 0.29) is 11.8 Å². The van der Waals surface area contributed by atoms with E-state index >= 15 is 0 Å². The van der Waals surface area contributed by atoms with Gasteiger partial charge in [-0.15, -0.1) is 0 Å². The summed E-state index contributed by atoms with van der Waals surface area (Å²) in [6.07, 6.45) is 4.30. The zero-order valence-corrected chi connectivity index (χ0v) is 13.5. The third-order valence-electron chi connectivity index (χ3n) is 4.52. The normalized spacial score (nSPS) is 21.4. The lowest BCUT2D eigenvalue weighted by Gasteiger charge is -2.23. The number of ether oxygens (including phenoxy) is 1. The van der Waals surface area contributed by atoms with E-state index in [1.54, 1.807) is 6.20 Å². The number of rotatable bonds is 1. The first-order valence-electron chi connectivity index (χ1n) is 7.51. The summed E-state index contributed by atoms with van der Waals surface area (Å²) in [6, 6.07) is 2.00. The molecule has 1 aromatic heterocycles. The van der Waals surface area contributed by atoms with Gasteiger partial charge in [0.05, 0.1) is 11.7 Å². The van der Waals surface area contributed by atoms with Gasteiger partial charge in [0.25, 0.3) is 6.08 Å². The van der Waals surface area contributed by atoms with Crippen molar-refractivity contribution in [1.29, 1.82) is 0 Å². The monoisotopic (exact) mass is 368 g/mol. The highest BCUT2D eigenvalue weighted by atomic mass is 79.9. The molecule has 0 spiro atoms. The summed E-state index contributed by atoms with van der Waals surface area (Å²) in [4.78, 5) is 0. The van der Waals surface area contributed by atoms with Crippen molar-refractivity contribution >= 4 is 32.4 Å². The van der Waals surface area contributed by atoms with Crippen molar-refractivity contribution in [3.05, 3.63) is 33.9 Å². The summed E-state index contributed by atoms with van der Waals surface area (Å²) in [5, 5.41) is 5.32. The highest BCUT2D eigenvalue weighted by molar-refractivity contribution is 9.10. The fourth-order valence-electron chi connectivity index (χ4n) is 3.44. The van der Waals surface area contributed by atoms with Crippen molar-refractivity contribution in [3.63, 3.8) is 0 Å². The maximum atomic E-state index is 13.1. The molecule has 3 nitrogen and oxygen atoms in total. The summed E-state index contributed by atoms with van der Waals surface area (Å²) in [7, 11) is 0. The van der Waals surface area contributed by atoms with Crippen LogP contribution in [0.4, 0.5) is 8.78 Å². The van der Waals surface area contributed by atoms with Crippen LogP contribution in [0.3, 0.4) is 0 Å². The molecule has 22 heavy (non-hydrogen) atoms. The van der Waals surface area contributed by atoms with Gasteiger partial charge in [0.2, 0.25) is 0 Å². The number of allylic oxidation sites excluding steroid dienone is 1. The third-order valence-corrected chi connectivity index (χ3v) is 5.35. The Bertz CT molecular complexity index is 774. The molecule has 1 saturated heterocycles. The van der Waals surface area contributed by atoms with Gasteiger partial charge < -0.3 is 4.74 Å². The van der Waals surface area contributed by atoms with Gasteiger partial charge >= 0.3 is 0 Å². The van der Waals surface area contributed by atoms with Gasteiger partial charge in [-0.1, -0.05) is 0 Å². The molecule has 1 aromatic carbocycles. The van der Waals surface area contributed by atoms with Gasteiger partial charge in [-0.05, 0) is 59.7 Å². The van der Waals surface area contributed by atoms with Crippen molar-refractivity contribution in [2.24, 2.45) is 0 Å². The summed E-state index contributed by atoms with van der Waals surface area (Å²) >= 11 is 3.52. The number of halogens is 3. The van der Waals surface area contributed by atoms with Crippen LogP contribution in [0.2, 0.25) is 0 Å². The van der Waals surface area contributed by atoms with Crippen LogP contribution in [0, 0.1) is 0 Å².